The highest BCUT2D eigenvalue weighted by molar-refractivity contribution is 5.92. The van der Waals surface area contributed by atoms with Gasteiger partial charge in [-0.05, 0) is 36.6 Å². The predicted molar refractivity (Wildman–Crippen MR) is 96.6 cm³/mol. The topological polar surface area (TPSA) is 56.7 Å². The standard InChI is InChI=1S/C19H24FN3O2/c1-12-5-6-13-15(21-12)8-7-14(20)17(13)22-9-10-23(18(24)25)16(11-22)19(2,3)4/h5-8,16H,9-11H2,1-4H3,(H,24,25). The molecule has 2 heterocycles. The summed E-state index contributed by atoms with van der Waals surface area (Å²) in [6.07, 6.45) is -0.921. The van der Waals surface area contributed by atoms with Gasteiger partial charge in [-0.1, -0.05) is 20.8 Å². The lowest BCUT2D eigenvalue weighted by Crippen LogP contribution is -2.59. The third kappa shape index (κ3) is 3.25. The number of aryl methyl sites for hydroxylation is 1. The van der Waals surface area contributed by atoms with Gasteiger partial charge in [-0.25, -0.2) is 9.18 Å². The molecule has 0 aliphatic carbocycles. The molecule has 1 unspecified atom stereocenters. The average Bonchev–Trinajstić information content (AvgIpc) is 2.53. The number of anilines is 1. The van der Waals surface area contributed by atoms with E-state index in [0.29, 0.717) is 25.3 Å². The molecule has 1 aromatic carbocycles. The Hall–Kier alpha value is -2.37. The van der Waals surface area contributed by atoms with Gasteiger partial charge in [0.15, 0.2) is 0 Å². The summed E-state index contributed by atoms with van der Waals surface area (Å²) in [6, 6.07) is 6.69. The molecule has 1 aliphatic heterocycles. The van der Waals surface area contributed by atoms with Crippen LogP contribution in [-0.2, 0) is 0 Å². The van der Waals surface area contributed by atoms with Crippen molar-refractivity contribution >= 4 is 22.7 Å². The first kappa shape index (κ1) is 17.5. The molecule has 6 heteroatoms. The van der Waals surface area contributed by atoms with Crippen LogP contribution in [0.15, 0.2) is 24.3 Å². The van der Waals surface area contributed by atoms with E-state index in [4.69, 9.17) is 0 Å². The van der Waals surface area contributed by atoms with Gasteiger partial charge < -0.3 is 14.9 Å². The number of carboxylic acid groups (broad SMARTS) is 1. The monoisotopic (exact) mass is 345 g/mol. The molecule has 1 fully saturated rings. The van der Waals surface area contributed by atoms with Crippen molar-refractivity contribution in [2.24, 2.45) is 5.41 Å². The maximum absolute atomic E-state index is 14.7. The molecule has 3 rings (SSSR count). The number of hydrogen-bond acceptors (Lipinski definition) is 3. The molecule has 1 aromatic heterocycles. The summed E-state index contributed by atoms with van der Waals surface area (Å²) in [5.41, 5.74) is 1.91. The van der Waals surface area contributed by atoms with Gasteiger partial charge in [0.2, 0.25) is 0 Å². The summed E-state index contributed by atoms with van der Waals surface area (Å²) in [5.74, 6) is -0.297. The average molecular weight is 345 g/mol. The lowest BCUT2D eigenvalue weighted by atomic mass is 9.84. The molecule has 0 spiro atoms. The second-order valence-corrected chi connectivity index (χ2v) is 7.72. The SMILES string of the molecule is Cc1ccc2c(N3CCN(C(=O)O)C(C(C)(C)C)C3)c(F)ccc2n1. The maximum Gasteiger partial charge on any atom is 0.407 e. The third-order valence-corrected chi connectivity index (χ3v) is 4.87. The fourth-order valence-corrected chi connectivity index (χ4v) is 3.54. The van der Waals surface area contributed by atoms with E-state index in [9.17, 15) is 14.3 Å². The highest BCUT2D eigenvalue weighted by atomic mass is 19.1. The molecule has 134 valence electrons. The van der Waals surface area contributed by atoms with Crippen LogP contribution in [0.5, 0.6) is 0 Å². The molecule has 0 radical (unpaired) electrons. The molecular weight excluding hydrogens is 321 g/mol. The van der Waals surface area contributed by atoms with Crippen LogP contribution < -0.4 is 4.90 Å². The summed E-state index contributed by atoms with van der Waals surface area (Å²) in [5, 5.41) is 10.3. The minimum atomic E-state index is -0.921. The zero-order valence-corrected chi connectivity index (χ0v) is 15.1. The fraction of sp³-hybridized carbons (Fsp3) is 0.474. The molecule has 1 atom stereocenters. The lowest BCUT2D eigenvalue weighted by molar-refractivity contribution is 0.0748. The number of piperazine rings is 1. The van der Waals surface area contributed by atoms with Gasteiger partial charge in [0.05, 0.1) is 17.2 Å². The summed E-state index contributed by atoms with van der Waals surface area (Å²) in [6.45, 7) is 9.23. The molecular formula is C19H24FN3O2. The third-order valence-electron chi connectivity index (χ3n) is 4.87. The van der Waals surface area contributed by atoms with Crippen molar-refractivity contribution in [3.8, 4) is 0 Å². The molecule has 1 N–H and O–H groups in total. The molecule has 1 aliphatic rings. The van der Waals surface area contributed by atoms with E-state index in [-0.39, 0.29) is 17.3 Å². The van der Waals surface area contributed by atoms with E-state index in [1.807, 2.05) is 44.7 Å². The quantitative estimate of drug-likeness (QED) is 0.852. The van der Waals surface area contributed by atoms with Gasteiger partial charge in [-0.3, -0.25) is 4.98 Å². The Morgan fingerprint density at radius 3 is 2.60 bits per heavy atom. The van der Waals surface area contributed by atoms with Crippen LogP contribution >= 0.6 is 0 Å². The van der Waals surface area contributed by atoms with Crippen molar-refractivity contribution in [3.05, 3.63) is 35.8 Å². The largest absolute Gasteiger partial charge is 0.465 e. The van der Waals surface area contributed by atoms with Crippen molar-refractivity contribution in [1.82, 2.24) is 9.88 Å². The summed E-state index contributed by atoms with van der Waals surface area (Å²) in [7, 11) is 0. The van der Waals surface area contributed by atoms with Gasteiger partial charge in [0.25, 0.3) is 0 Å². The lowest BCUT2D eigenvalue weighted by Gasteiger charge is -2.46. The van der Waals surface area contributed by atoms with E-state index in [0.717, 1.165) is 16.6 Å². The first-order chi connectivity index (χ1) is 11.7. The van der Waals surface area contributed by atoms with Crippen LogP contribution in [0.1, 0.15) is 26.5 Å². The second kappa shape index (κ2) is 6.17. The molecule has 0 saturated carbocycles. The van der Waals surface area contributed by atoms with E-state index in [2.05, 4.69) is 4.98 Å². The number of rotatable bonds is 1. The van der Waals surface area contributed by atoms with Crippen LogP contribution in [0, 0.1) is 18.2 Å². The van der Waals surface area contributed by atoms with Crippen molar-refractivity contribution in [1.29, 1.82) is 0 Å². The zero-order chi connectivity index (χ0) is 18.4. The van der Waals surface area contributed by atoms with Gasteiger partial charge in [-0.15, -0.1) is 0 Å². The number of nitrogens with zero attached hydrogens (tertiary/aromatic N) is 3. The van der Waals surface area contributed by atoms with Crippen molar-refractivity contribution in [2.45, 2.75) is 33.7 Å². The van der Waals surface area contributed by atoms with Crippen LogP contribution in [0.25, 0.3) is 10.9 Å². The normalized spacial score (nSPS) is 18.7. The number of aromatic nitrogens is 1. The maximum atomic E-state index is 14.7. The molecule has 0 bridgehead atoms. The minimum Gasteiger partial charge on any atom is -0.465 e. The van der Waals surface area contributed by atoms with E-state index in [1.54, 1.807) is 6.07 Å². The highest BCUT2D eigenvalue weighted by Crippen LogP contribution is 2.34. The molecule has 25 heavy (non-hydrogen) atoms. The highest BCUT2D eigenvalue weighted by Gasteiger charge is 2.38. The van der Waals surface area contributed by atoms with E-state index < -0.39 is 6.09 Å². The molecule has 2 aromatic rings. The number of amides is 1. The number of hydrogen-bond donors (Lipinski definition) is 1. The van der Waals surface area contributed by atoms with Crippen molar-refractivity contribution in [3.63, 3.8) is 0 Å². The van der Waals surface area contributed by atoms with Gasteiger partial charge >= 0.3 is 6.09 Å². The predicted octanol–water partition coefficient (Wildman–Crippen LogP) is 3.90. The number of halogens is 1. The Labute approximate surface area is 147 Å². The van der Waals surface area contributed by atoms with E-state index >= 15 is 0 Å². The van der Waals surface area contributed by atoms with Gasteiger partial charge in [-0.2, -0.15) is 0 Å². The molecule has 5 nitrogen and oxygen atoms in total. The Morgan fingerprint density at radius 1 is 1.24 bits per heavy atom. The minimum absolute atomic E-state index is 0.216. The van der Waals surface area contributed by atoms with Crippen LogP contribution in [-0.4, -0.2) is 46.8 Å². The Morgan fingerprint density at radius 2 is 1.96 bits per heavy atom. The summed E-state index contributed by atoms with van der Waals surface area (Å²) < 4.78 is 14.7. The van der Waals surface area contributed by atoms with E-state index in [1.165, 1.54) is 11.0 Å². The Kier molecular flexibility index (Phi) is 4.31. The Bertz CT molecular complexity index is 816. The first-order valence-electron chi connectivity index (χ1n) is 8.49. The van der Waals surface area contributed by atoms with Crippen LogP contribution in [0.3, 0.4) is 0 Å². The van der Waals surface area contributed by atoms with Gasteiger partial charge in [0.1, 0.15) is 5.82 Å². The number of carbonyl (C=O) groups is 1. The fourth-order valence-electron chi connectivity index (χ4n) is 3.54. The molecule has 1 saturated heterocycles. The zero-order valence-electron chi connectivity index (χ0n) is 15.1. The van der Waals surface area contributed by atoms with Gasteiger partial charge in [0, 0.05) is 30.7 Å². The van der Waals surface area contributed by atoms with Crippen molar-refractivity contribution < 1.29 is 14.3 Å². The number of pyridine rings is 1. The molecule has 1 amide bonds. The van der Waals surface area contributed by atoms with Crippen molar-refractivity contribution in [2.75, 3.05) is 24.5 Å². The Balaban J connectivity index is 2.04. The summed E-state index contributed by atoms with van der Waals surface area (Å²) >= 11 is 0. The number of fused-ring (bicyclic) bond motifs is 1. The first-order valence-corrected chi connectivity index (χ1v) is 8.49. The second-order valence-electron chi connectivity index (χ2n) is 7.72. The number of benzene rings is 1. The summed E-state index contributed by atoms with van der Waals surface area (Å²) in [4.78, 5) is 19.5. The van der Waals surface area contributed by atoms with Crippen LogP contribution in [0.4, 0.5) is 14.9 Å². The van der Waals surface area contributed by atoms with Crippen LogP contribution in [0.2, 0.25) is 0 Å². The smallest absolute Gasteiger partial charge is 0.407 e.